The molecular formula is C19H22N2O3. The predicted octanol–water partition coefficient (Wildman–Crippen LogP) is 3.99. The molecule has 0 unspecified atom stereocenters. The summed E-state index contributed by atoms with van der Waals surface area (Å²) in [4.78, 5) is 24.0. The number of hydrogen-bond donors (Lipinski definition) is 2. The minimum atomic E-state index is -0.223. The Labute approximate surface area is 142 Å². The van der Waals surface area contributed by atoms with Crippen LogP contribution in [-0.2, 0) is 4.79 Å². The van der Waals surface area contributed by atoms with Crippen molar-refractivity contribution in [3.63, 3.8) is 0 Å². The van der Waals surface area contributed by atoms with E-state index in [1.54, 1.807) is 37.3 Å². The summed E-state index contributed by atoms with van der Waals surface area (Å²) in [7, 11) is 0. The van der Waals surface area contributed by atoms with E-state index in [1.807, 2.05) is 26.0 Å². The van der Waals surface area contributed by atoms with E-state index in [0.29, 0.717) is 35.7 Å². The van der Waals surface area contributed by atoms with Gasteiger partial charge in [-0.15, -0.1) is 0 Å². The van der Waals surface area contributed by atoms with E-state index in [9.17, 15) is 9.59 Å². The van der Waals surface area contributed by atoms with Gasteiger partial charge in [0.15, 0.2) is 0 Å². The Kier molecular flexibility index (Phi) is 5.95. The van der Waals surface area contributed by atoms with Gasteiger partial charge in [0.05, 0.1) is 6.61 Å². The average molecular weight is 326 g/mol. The number of nitrogens with one attached hydrogen (secondary N) is 2. The normalized spacial score (nSPS) is 10.1. The Morgan fingerprint density at radius 2 is 1.67 bits per heavy atom. The second-order valence-electron chi connectivity index (χ2n) is 5.29. The highest BCUT2D eigenvalue weighted by molar-refractivity contribution is 6.05. The Balaban J connectivity index is 2.18. The van der Waals surface area contributed by atoms with Crippen LogP contribution in [0.5, 0.6) is 5.75 Å². The van der Waals surface area contributed by atoms with Gasteiger partial charge in [-0.1, -0.05) is 19.1 Å². The third kappa shape index (κ3) is 4.35. The molecule has 0 atom stereocenters. The quantitative estimate of drug-likeness (QED) is 0.843. The molecule has 2 aromatic rings. The van der Waals surface area contributed by atoms with Gasteiger partial charge in [-0.2, -0.15) is 0 Å². The fourth-order valence-corrected chi connectivity index (χ4v) is 2.23. The SMILES string of the molecule is CCOc1cccc(C(=O)Nc2cccc(NC(=O)CC)c2C)c1. The molecular weight excluding hydrogens is 304 g/mol. The van der Waals surface area contributed by atoms with Crippen molar-refractivity contribution in [2.45, 2.75) is 27.2 Å². The van der Waals surface area contributed by atoms with Gasteiger partial charge < -0.3 is 15.4 Å². The minimum absolute atomic E-state index is 0.0639. The molecule has 2 rings (SSSR count). The highest BCUT2D eigenvalue weighted by Gasteiger charge is 2.11. The summed E-state index contributed by atoms with van der Waals surface area (Å²) < 4.78 is 5.42. The summed E-state index contributed by atoms with van der Waals surface area (Å²) in [5.74, 6) is 0.371. The lowest BCUT2D eigenvalue weighted by Gasteiger charge is -2.13. The number of amides is 2. The molecule has 0 spiro atoms. The lowest BCUT2D eigenvalue weighted by atomic mass is 10.1. The fraction of sp³-hybridized carbons (Fsp3) is 0.263. The van der Waals surface area contributed by atoms with Crippen LogP contribution in [0.4, 0.5) is 11.4 Å². The number of rotatable bonds is 6. The number of carbonyl (C=O) groups excluding carboxylic acids is 2. The van der Waals surface area contributed by atoms with Gasteiger partial charge in [0.25, 0.3) is 5.91 Å². The summed E-state index contributed by atoms with van der Waals surface area (Å²) in [5.41, 5.74) is 2.69. The van der Waals surface area contributed by atoms with Crippen molar-refractivity contribution in [3.8, 4) is 5.75 Å². The third-order valence-electron chi connectivity index (χ3n) is 3.58. The maximum atomic E-state index is 12.5. The molecule has 24 heavy (non-hydrogen) atoms. The molecule has 2 N–H and O–H groups in total. The summed E-state index contributed by atoms with van der Waals surface area (Å²) in [6.07, 6.45) is 0.403. The van der Waals surface area contributed by atoms with E-state index >= 15 is 0 Å². The van der Waals surface area contributed by atoms with E-state index in [0.717, 1.165) is 5.56 Å². The second kappa shape index (κ2) is 8.15. The van der Waals surface area contributed by atoms with Crippen LogP contribution in [0.1, 0.15) is 36.2 Å². The zero-order valence-electron chi connectivity index (χ0n) is 14.2. The van der Waals surface area contributed by atoms with Gasteiger partial charge >= 0.3 is 0 Å². The first-order valence-corrected chi connectivity index (χ1v) is 7.98. The summed E-state index contributed by atoms with van der Waals surface area (Å²) in [6.45, 7) is 6.09. The van der Waals surface area contributed by atoms with Gasteiger partial charge in [-0.25, -0.2) is 0 Å². The molecule has 0 saturated heterocycles. The Bertz CT molecular complexity index is 741. The topological polar surface area (TPSA) is 67.4 Å². The van der Waals surface area contributed by atoms with E-state index in [1.165, 1.54) is 0 Å². The van der Waals surface area contributed by atoms with Crippen LogP contribution >= 0.6 is 0 Å². The summed E-state index contributed by atoms with van der Waals surface area (Å²) in [5, 5.41) is 5.71. The van der Waals surface area contributed by atoms with Crippen molar-refractivity contribution in [1.82, 2.24) is 0 Å². The van der Waals surface area contributed by atoms with Crippen LogP contribution in [0.2, 0.25) is 0 Å². The lowest BCUT2D eigenvalue weighted by Crippen LogP contribution is -2.15. The number of ether oxygens (including phenoxy) is 1. The van der Waals surface area contributed by atoms with Crippen LogP contribution < -0.4 is 15.4 Å². The van der Waals surface area contributed by atoms with Crippen LogP contribution in [-0.4, -0.2) is 18.4 Å². The molecule has 0 saturated carbocycles. The van der Waals surface area contributed by atoms with Gasteiger partial charge in [-0.05, 0) is 49.7 Å². The van der Waals surface area contributed by atoms with Crippen LogP contribution in [0, 0.1) is 6.92 Å². The monoisotopic (exact) mass is 326 g/mol. The first-order chi connectivity index (χ1) is 11.5. The number of carbonyl (C=O) groups is 2. The maximum absolute atomic E-state index is 12.5. The smallest absolute Gasteiger partial charge is 0.255 e. The van der Waals surface area contributed by atoms with Crippen molar-refractivity contribution >= 4 is 23.2 Å². The highest BCUT2D eigenvalue weighted by atomic mass is 16.5. The first-order valence-electron chi connectivity index (χ1n) is 7.98. The number of benzene rings is 2. The van der Waals surface area contributed by atoms with Crippen molar-refractivity contribution in [2.75, 3.05) is 17.2 Å². The largest absolute Gasteiger partial charge is 0.494 e. The lowest BCUT2D eigenvalue weighted by molar-refractivity contribution is -0.115. The molecule has 5 nitrogen and oxygen atoms in total. The molecule has 0 aliphatic rings. The molecule has 0 aliphatic heterocycles. The fourth-order valence-electron chi connectivity index (χ4n) is 2.23. The maximum Gasteiger partial charge on any atom is 0.255 e. The van der Waals surface area contributed by atoms with E-state index in [4.69, 9.17) is 4.74 Å². The van der Waals surface area contributed by atoms with Gasteiger partial charge in [0, 0.05) is 23.4 Å². The zero-order chi connectivity index (χ0) is 17.5. The Morgan fingerprint density at radius 3 is 2.33 bits per heavy atom. The standard InChI is InChI=1S/C19H22N2O3/c1-4-18(22)20-16-10-7-11-17(13(16)3)21-19(23)14-8-6-9-15(12-14)24-5-2/h6-12H,4-5H2,1-3H3,(H,20,22)(H,21,23). The molecule has 2 aromatic carbocycles. The van der Waals surface area contributed by atoms with E-state index in [-0.39, 0.29) is 11.8 Å². The van der Waals surface area contributed by atoms with E-state index in [2.05, 4.69) is 10.6 Å². The predicted molar refractivity (Wildman–Crippen MR) is 95.7 cm³/mol. The zero-order valence-corrected chi connectivity index (χ0v) is 14.2. The highest BCUT2D eigenvalue weighted by Crippen LogP contribution is 2.24. The molecule has 0 radical (unpaired) electrons. The van der Waals surface area contributed by atoms with Crippen molar-refractivity contribution < 1.29 is 14.3 Å². The number of anilines is 2. The number of hydrogen-bond acceptors (Lipinski definition) is 3. The van der Waals surface area contributed by atoms with Crippen molar-refractivity contribution in [2.24, 2.45) is 0 Å². The molecule has 0 heterocycles. The molecule has 0 bridgehead atoms. The second-order valence-corrected chi connectivity index (χ2v) is 5.29. The molecule has 0 aromatic heterocycles. The summed E-state index contributed by atoms with van der Waals surface area (Å²) >= 11 is 0. The minimum Gasteiger partial charge on any atom is -0.494 e. The van der Waals surface area contributed by atoms with Crippen molar-refractivity contribution in [1.29, 1.82) is 0 Å². The third-order valence-corrected chi connectivity index (χ3v) is 3.58. The first kappa shape index (κ1) is 17.5. The molecule has 0 aliphatic carbocycles. The van der Waals surface area contributed by atoms with Crippen LogP contribution in [0.25, 0.3) is 0 Å². The van der Waals surface area contributed by atoms with Gasteiger partial charge in [0.2, 0.25) is 5.91 Å². The molecule has 0 fully saturated rings. The average Bonchev–Trinajstić information content (AvgIpc) is 2.58. The van der Waals surface area contributed by atoms with E-state index < -0.39 is 0 Å². The Morgan fingerprint density at radius 1 is 1.00 bits per heavy atom. The van der Waals surface area contributed by atoms with Crippen molar-refractivity contribution in [3.05, 3.63) is 53.6 Å². The van der Waals surface area contributed by atoms with Crippen LogP contribution in [0.3, 0.4) is 0 Å². The summed E-state index contributed by atoms with van der Waals surface area (Å²) in [6, 6.07) is 12.4. The molecule has 2 amide bonds. The van der Waals surface area contributed by atoms with Crippen LogP contribution in [0.15, 0.2) is 42.5 Å². The molecule has 126 valence electrons. The van der Waals surface area contributed by atoms with Gasteiger partial charge in [-0.3, -0.25) is 9.59 Å². The molecule has 5 heteroatoms. The van der Waals surface area contributed by atoms with Gasteiger partial charge in [0.1, 0.15) is 5.75 Å². The Hall–Kier alpha value is -2.82.